The monoisotopic (exact) mass is 418 g/mol. The third-order valence-corrected chi connectivity index (χ3v) is 6.04. The zero-order chi connectivity index (χ0) is 20.4. The molecule has 0 bridgehead atoms. The molecule has 3 heterocycles. The number of hydrogen-bond acceptors (Lipinski definition) is 9. The highest BCUT2D eigenvalue weighted by atomic mass is 32.1. The Morgan fingerprint density at radius 2 is 2.14 bits per heavy atom. The van der Waals surface area contributed by atoms with Gasteiger partial charge in [-0.2, -0.15) is 0 Å². The second kappa shape index (κ2) is 8.68. The van der Waals surface area contributed by atoms with E-state index in [9.17, 15) is 20.0 Å². The molecule has 29 heavy (non-hydrogen) atoms. The van der Waals surface area contributed by atoms with Crippen LogP contribution in [0.1, 0.15) is 17.4 Å². The Kier molecular flexibility index (Phi) is 6.02. The van der Waals surface area contributed by atoms with Crippen LogP contribution in [0.3, 0.4) is 0 Å². The topological polar surface area (TPSA) is 118 Å². The lowest BCUT2D eigenvalue weighted by Gasteiger charge is -2.35. The number of nitrogens with zero attached hydrogens (tertiary/aromatic N) is 3. The van der Waals surface area contributed by atoms with E-state index in [1.165, 1.54) is 6.07 Å². The molecule has 154 valence electrons. The summed E-state index contributed by atoms with van der Waals surface area (Å²) < 4.78 is 5.48. The molecule has 1 aromatic carbocycles. The predicted octanol–water partition coefficient (Wildman–Crippen LogP) is -0.612. The van der Waals surface area contributed by atoms with Gasteiger partial charge in [-0.15, -0.1) is 11.3 Å². The molecule has 1 fully saturated rings. The second-order valence-electron chi connectivity index (χ2n) is 7.17. The Morgan fingerprint density at radius 3 is 2.83 bits per heavy atom. The lowest BCUT2D eigenvalue weighted by Crippen LogP contribution is -2.56. The van der Waals surface area contributed by atoms with E-state index in [4.69, 9.17) is 4.65 Å². The zero-order valence-corrected chi connectivity index (χ0v) is 16.6. The first kappa shape index (κ1) is 20.1. The summed E-state index contributed by atoms with van der Waals surface area (Å²) in [6, 6.07) is 5.00. The first-order valence-electron chi connectivity index (χ1n) is 9.50. The minimum Gasteiger partial charge on any atom is -0.534 e. The van der Waals surface area contributed by atoms with Crippen molar-refractivity contribution in [1.82, 2.24) is 15.2 Å². The highest BCUT2D eigenvalue weighted by Gasteiger charge is 2.37. The summed E-state index contributed by atoms with van der Waals surface area (Å²) in [6.07, 6.45) is 0.451. The number of carbonyl (C=O) groups is 1. The van der Waals surface area contributed by atoms with Gasteiger partial charge >= 0.3 is 7.12 Å². The first-order valence-corrected chi connectivity index (χ1v) is 10.4. The van der Waals surface area contributed by atoms with E-state index in [1.807, 2.05) is 5.38 Å². The SMILES string of the molecule is O=C(CN1CCN(c2nccs2)CC1)N[C@H]1Cc2cccc(C(O)O)c2OB1O. The van der Waals surface area contributed by atoms with E-state index in [2.05, 4.69) is 20.1 Å². The summed E-state index contributed by atoms with van der Waals surface area (Å²) in [5.41, 5.74) is 0.910. The molecule has 0 unspecified atom stereocenters. The minimum atomic E-state index is -1.69. The molecule has 0 saturated carbocycles. The van der Waals surface area contributed by atoms with Crippen LogP contribution in [-0.4, -0.2) is 76.8 Å². The van der Waals surface area contributed by atoms with Crippen molar-refractivity contribution in [2.75, 3.05) is 37.6 Å². The molecular formula is C18H23BN4O5S. The number of anilines is 1. The van der Waals surface area contributed by atoms with E-state index in [-0.39, 0.29) is 23.8 Å². The number of nitrogens with one attached hydrogen (secondary N) is 1. The van der Waals surface area contributed by atoms with Crippen molar-refractivity contribution in [2.24, 2.45) is 0 Å². The average Bonchev–Trinajstić information content (AvgIpc) is 3.23. The number of thiazole rings is 1. The van der Waals surface area contributed by atoms with Crippen LogP contribution < -0.4 is 14.9 Å². The Labute approximate surface area is 172 Å². The number of hydrogen-bond donors (Lipinski definition) is 4. The molecule has 4 N–H and O–H groups in total. The molecule has 9 nitrogen and oxygen atoms in total. The lowest BCUT2D eigenvalue weighted by molar-refractivity contribution is -0.122. The van der Waals surface area contributed by atoms with Crippen molar-refractivity contribution in [3.05, 3.63) is 40.9 Å². The number of fused-ring (bicyclic) bond motifs is 1. The number of aliphatic hydroxyl groups excluding tert-OH is 1. The van der Waals surface area contributed by atoms with Gasteiger partial charge in [0.2, 0.25) is 5.91 Å². The van der Waals surface area contributed by atoms with Gasteiger partial charge in [0.15, 0.2) is 11.4 Å². The maximum atomic E-state index is 12.5. The van der Waals surface area contributed by atoms with Crippen LogP contribution in [0.4, 0.5) is 5.13 Å². The van der Waals surface area contributed by atoms with Crippen LogP contribution in [0.15, 0.2) is 29.8 Å². The van der Waals surface area contributed by atoms with Crippen molar-refractivity contribution in [1.29, 1.82) is 0 Å². The van der Waals surface area contributed by atoms with Crippen LogP contribution >= 0.6 is 11.3 Å². The molecule has 1 aromatic heterocycles. The summed E-state index contributed by atoms with van der Waals surface area (Å²) >= 11 is 1.61. The van der Waals surface area contributed by atoms with E-state index in [1.54, 1.807) is 29.7 Å². The van der Waals surface area contributed by atoms with Crippen molar-refractivity contribution in [2.45, 2.75) is 18.7 Å². The summed E-state index contributed by atoms with van der Waals surface area (Å²) in [7, 11) is -1.26. The fraction of sp³-hybridized carbons (Fsp3) is 0.444. The van der Waals surface area contributed by atoms with Gasteiger partial charge in [-0.3, -0.25) is 9.69 Å². The van der Waals surface area contributed by atoms with Gasteiger partial charge in [-0.1, -0.05) is 18.2 Å². The highest BCUT2D eigenvalue weighted by Crippen LogP contribution is 2.32. The number of aliphatic hydroxyl groups is 2. The van der Waals surface area contributed by atoms with E-state index in [0.717, 1.165) is 31.3 Å². The Hall–Kier alpha value is -2.18. The molecule has 2 aliphatic heterocycles. The number of piperazine rings is 1. The smallest absolute Gasteiger partial charge is 0.534 e. The van der Waals surface area contributed by atoms with Gasteiger partial charge in [0.1, 0.15) is 5.75 Å². The highest BCUT2D eigenvalue weighted by molar-refractivity contribution is 7.13. The van der Waals surface area contributed by atoms with Gasteiger partial charge in [0.05, 0.1) is 12.5 Å². The number of para-hydroxylation sites is 1. The van der Waals surface area contributed by atoms with Crippen LogP contribution in [0.25, 0.3) is 0 Å². The molecule has 11 heteroatoms. The summed E-state index contributed by atoms with van der Waals surface area (Å²) in [5.74, 6) is -0.515. The van der Waals surface area contributed by atoms with Crippen LogP contribution in [0.2, 0.25) is 0 Å². The standard InChI is InChI=1S/C18H23BN4O5S/c24-15(11-22-5-7-23(8-6-22)18-20-4-9-29-18)21-14-10-12-2-1-3-13(17(25)26)16(12)28-19(14)27/h1-4,9,14,17,25-27H,5-8,10-11H2,(H,21,24)/t14-/m0/s1. The van der Waals surface area contributed by atoms with Gasteiger partial charge in [0, 0.05) is 43.3 Å². The number of benzene rings is 1. The fourth-order valence-corrected chi connectivity index (χ4v) is 4.40. The van der Waals surface area contributed by atoms with Gasteiger partial charge in [0.25, 0.3) is 0 Å². The molecule has 1 atom stereocenters. The molecule has 1 saturated heterocycles. The van der Waals surface area contributed by atoms with Crippen molar-refractivity contribution in [3.63, 3.8) is 0 Å². The Morgan fingerprint density at radius 1 is 1.34 bits per heavy atom. The maximum Gasteiger partial charge on any atom is 0.547 e. The predicted molar refractivity (Wildman–Crippen MR) is 109 cm³/mol. The van der Waals surface area contributed by atoms with Crippen LogP contribution in [0.5, 0.6) is 5.75 Å². The Balaban J connectivity index is 1.31. The first-order chi connectivity index (χ1) is 14.0. The van der Waals surface area contributed by atoms with Crippen LogP contribution in [-0.2, 0) is 11.2 Å². The largest absolute Gasteiger partial charge is 0.547 e. The van der Waals surface area contributed by atoms with E-state index < -0.39 is 19.3 Å². The van der Waals surface area contributed by atoms with Crippen molar-refractivity contribution >= 4 is 29.5 Å². The second-order valence-corrected chi connectivity index (χ2v) is 8.05. The number of amides is 1. The van der Waals surface area contributed by atoms with Crippen molar-refractivity contribution < 1.29 is 24.7 Å². The third kappa shape index (κ3) is 4.54. The number of carbonyl (C=O) groups excluding carboxylic acids is 1. The Bertz CT molecular complexity index is 845. The maximum absolute atomic E-state index is 12.5. The molecule has 4 rings (SSSR count). The summed E-state index contributed by atoms with van der Waals surface area (Å²) in [5, 5.41) is 35.0. The van der Waals surface area contributed by atoms with Gasteiger partial charge in [-0.25, -0.2) is 4.98 Å². The van der Waals surface area contributed by atoms with Crippen molar-refractivity contribution in [3.8, 4) is 5.75 Å². The molecule has 0 spiro atoms. The molecule has 0 aliphatic carbocycles. The van der Waals surface area contributed by atoms with Gasteiger partial charge < -0.3 is 30.1 Å². The van der Waals surface area contributed by atoms with Crippen LogP contribution in [0, 0.1) is 0 Å². The van der Waals surface area contributed by atoms with Gasteiger partial charge in [-0.05, 0) is 12.0 Å². The number of aromatic nitrogens is 1. The summed E-state index contributed by atoms with van der Waals surface area (Å²) in [6.45, 7) is 3.40. The quantitative estimate of drug-likeness (QED) is 0.375. The molecule has 0 radical (unpaired) electrons. The summed E-state index contributed by atoms with van der Waals surface area (Å²) in [4.78, 5) is 21.1. The normalized spacial score (nSPS) is 19.8. The third-order valence-electron chi connectivity index (χ3n) is 5.20. The van der Waals surface area contributed by atoms with E-state index in [0.29, 0.717) is 12.0 Å². The fourth-order valence-electron chi connectivity index (χ4n) is 3.70. The molecular weight excluding hydrogens is 395 g/mol. The zero-order valence-electron chi connectivity index (χ0n) is 15.8. The molecule has 2 aliphatic rings. The molecule has 2 aromatic rings. The minimum absolute atomic E-state index is 0.179. The molecule has 1 amide bonds. The van der Waals surface area contributed by atoms with E-state index >= 15 is 0 Å². The average molecular weight is 418 g/mol. The number of rotatable bonds is 5. The lowest BCUT2D eigenvalue weighted by atomic mass is 9.72.